The lowest BCUT2D eigenvalue weighted by Crippen LogP contribution is -2.43. The molecule has 2 rings (SSSR count). The normalized spacial score (nSPS) is 53.8. The first-order chi connectivity index (χ1) is 5.66. The Morgan fingerprint density at radius 1 is 1.00 bits per heavy atom. The molecule has 0 radical (unpaired) electrons. The Bertz CT molecular complexity index is 154. The van der Waals surface area contributed by atoms with Crippen molar-refractivity contribution in [3.63, 3.8) is 0 Å². The van der Waals surface area contributed by atoms with Gasteiger partial charge in [-0.3, -0.25) is 0 Å². The molecule has 1 heterocycles. The Labute approximate surface area is 71.1 Å². The molecule has 1 saturated carbocycles. The van der Waals surface area contributed by atoms with Crippen LogP contribution in [0.15, 0.2) is 0 Å². The average Bonchev–Trinajstić information content (AvgIpc) is 2.30. The molecule has 2 fully saturated rings. The third kappa shape index (κ3) is 1.35. The first-order valence-electron chi connectivity index (χ1n) is 4.34. The summed E-state index contributed by atoms with van der Waals surface area (Å²) >= 11 is 0. The van der Waals surface area contributed by atoms with Crippen LogP contribution in [0.5, 0.6) is 0 Å². The molecule has 0 amide bonds. The van der Waals surface area contributed by atoms with E-state index >= 15 is 0 Å². The minimum Gasteiger partial charge on any atom is -0.390 e. The fourth-order valence-electron chi connectivity index (χ4n) is 1.90. The summed E-state index contributed by atoms with van der Waals surface area (Å²) in [7, 11) is 0. The van der Waals surface area contributed by atoms with E-state index in [1.807, 2.05) is 6.92 Å². The summed E-state index contributed by atoms with van der Waals surface area (Å²) in [5, 5.41) is 18.7. The minimum absolute atomic E-state index is 0.0293. The molecule has 2 N–H and O–H groups in total. The van der Waals surface area contributed by atoms with Gasteiger partial charge < -0.3 is 19.7 Å². The van der Waals surface area contributed by atoms with Crippen LogP contribution in [-0.4, -0.2) is 40.9 Å². The summed E-state index contributed by atoms with van der Waals surface area (Å²) in [6.07, 6.45) is -0.596. The highest BCUT2D eigenvalue weighted by Gasteiger charge is 2.42. The zero-order valence-corrected chi connectivity index (χ0v) is 7.01. The van der Waals surface area contributed by atoms with E-state index in [1.165, 1.54) is 0 Å². The van der Waals surface area contributed by atoms with Gasteiger partial charge in [0.1, 0.15) is 0 Å². The van der Waals surface area contributed by atoms with E-state index in [0.29, 0.717) is 12.8 Å². The van der Waals surface area contributed by atoms with Gasteiger partial charge >= 0.3 is 0 Å². The Kier molecular flexibility index (Phi) is 2.08. The molecule has 12 heavy (non-hydrogen) atoms. The highest BCUT2D eigenvalue weighted by Crippen LogP contribution is 2.31. The van der Waals surface area contributed by atoms with Crippen molar-refractivity contribution in [2.75, 3.05) is 0 Å². The van der Waals surface area contributed by atoms with Gasteiger partial charge in [0.15, 0.2) is 6.29 Å². The molecule has 0 aromatic rings. The van der Waals surface area contributed by atoms with Crippen LogP contribution in [0.4, 0.5) is 0 Å². The molecule has 4 unspecified atom stereocenters. The maximum Gasteiger partial charge on any atom is 0.155 e. The van der Waals surface area contributed by atoms with Crippen LogP contribution in [0.25, 0.3) is 0 Å². The third-order valence-electron chi connectivity index (χ3n) is 2.54. The topological polar surface area (TPSA) is 58.9 Å². The molecule has 1 aliphatic carbocycles. The van der Waals surface area contributed by atoms with Crippen molar-refractivity contribution in [2.45, 2.75) is 50.5 Å². The molecule has 2 aliphatic rings. The number of fused-ring (bicyclic) bond motifs is 1. The molecule has 0 aromatic heterocycles. The summed E-state index contributed by atoms with van der Waals surface area (Å²) in [5.74, 6) is 0. The van der Waals surface area contributed by atoms with Crippen LogP contribution in [-0.2, 0) is 9.47 Å². The molecule has 0 spiro atoms. The van der Waals surface area contributed by atoms with Crippen molar-refractivity contribution in [3.8, 4) is 0 Å². The monoisotopic (exact) mass is 174 g/mol. The van der Waals surface area contributed by atoms with Crippen molar-refractivity contribution in [3.05, 3.63) is 0 Å². The molecule has 0 bridgehead atoms. The molecule has 4 heteroatoms. The van der Waals surface area contributed by atoms with Crippen LogP contribution in [0, 0.1) is 0 Å². The van der Waals surface area contributed by atoms with Crippen LogP contribution in [0.2, 0.25) is 0 Å². The second-order valence-corrected chi connectivity index (χ2v) is 3.52. The number of hydrogen-bond donors (Lipinski definition) is 2. The lowest BCUT2D eigenvalue weighted by atomic mass is 9.90. The zero-order chi connectivity index (χ0) is 8.72. The Hall–Kier alpha value is -0.160. The largest absolute Gasteiger partial charge is 0.390 e. The maximum absolute atomic E-state index is 9.33. The van der Waals surface area contributed by atoms with Crippen molar-refractivity contribution in [1.82, 2.24) is 0 Å². The third-order valence-corrected chi connectivity index (χ3v) is 2.54. The highest BCUT2D eigenvalue weighted by molar-refractivity contribution is 4.89. The minimum atomic E-state index is -0.653. The lowest BCUT2D eigenvalue weighted by molar-refractivity contribution is -0.0643. The summed E-state index contributed by atoms with van der Waals surface area (Å²) in [6.45, 7) is 1.83. The van der Waals surface area contributed by atoms with Gasteiger partial charge in [-0.25, -0.2) is 0 Å². The molecule has 1 saturated heterocycles. The maximum atomic E-state index is 9.33. The average molecular weight is 174 g/mol. The molecule has 0 aromatic carbocycles. The molecular weight excluding hydrogens is 160 g/mol. The summed E-state index contributed by atoms with van der Waals surface area (Å²) in [5.41, 5.74) is 0. The molecule has 4 nitrogen and oxygen atoms in total. The fourth-order valence-corrected chi connectivity index (χ4v) is 1.90. The summed E-state index contributed by atoms with van der Waals surface area (Å²) in [6, 6.07) is 0. The van der Waals surface area contributed by atoms with Gasteiger partial charge in [-0.1, -0.05) is 0 Å². The van der Waals surface area contributed by atoms with Gasteiger partial charge in [-0.15, -0.1) is 0 Å². The smallest absolute Gasteiger partial charge is 0.155 e. The summed E-state index contributed by atoms with van der Waals surface area (Å²) in [4.78, 5) is 0. The van der Waals surface area contributed by atoms with E-state index in [1.54, 1.807) is 0 Å². The number of aliphatic hydroxyl groups excluding tert-OH is 2. The quantitative estimate of drug-likeness (QED) is 0.526. The van der Waals surface area contributed by atoms with Gasteiger partial charge in [0.2, 0.25) is 0 Å². The number of aliphatic hydroxyl groups is 2. The number of hydrogen-bond acceptors (Lipinski definition) is 4. The van der Waals surface area contributed by atoms with Crippen LogP contribution in [0.1, 0.15) is 19.8 Å². The molecular formula is C8H14O4. The summed E-state index contributed by atoms with van der Waals surface area (Å²) < 4.78 is 10.8. The zero-order valence-electron chi connectivity index (χ0n) is 7.01. The van der Waals surface area contributed by atoms with Crippen LogP contribution < -0.4 is 0 Å². The lowest BCUT2D eigenvalue weighted by Gasteiger charge is -2.30. The van der Waals surface area contributed by atoms with E-state index < -0.39 is 12.2 Å². The molecule has 1 aliphatic heterocycles. The van der Waals surface area contributed by atoms with E-state index in [-0.39, 0.29) is 18.5 Å². The van der Waals surface area contributed by atoms with Crippen LogP contribution >= 0.6 is 0 Å². The second kappa shape index (κ2) is 2.96. The Morgan fingerprint density at radius 3 is 1.83 bits per heavy atom. The van der Waals surface area contributed by atoms with Gasteiger partial charge in [0, 0.05) is 12.8 Å². The van der Waals surface area contributed by atoms with E-state index in [0.717, 1.165) is 0 Å². The van der Waals surface area contributed by atoms with Crippen LogP contribution in [0.3, 0.4) is 0 Å². The molecule has 70 valence electrons. The van der Waals surface area contributed by atoms with Crippen molar-refractivity contribution >= 4 is 0 Å². The Balaban J connectivity index is 2.01. The first kappa shape index (κ1) is 8.44. The van der Waals surface area contributed by atoms with E-state index in [4.69, 9.17) is 9.47 Å². The molecule has 4 atom stereocenters. The van der Waals surface area contributed by atoms with Gasteiger partial charge in [-0.05, 0) is 6.92 Å². The van der Waals surface area contributed by atoms with Crippen molar-refractivity contribution in [1.29, 1.82) is 0 Å². The fraction of sp³-hybridized carbons (Fsp3) is 1.00. The highest BCUT2D eigenvalue weighted by atomic mass is 16.7. The number of rotatable bonds is 0. The van der Waals surface area contributed by atoms with Gasteiger partial charge in [0.25, 0.3) is 0 Å². The van der Waals surface area contributed by atoms with Gasteiger partial charge in [-0.2, -0.15) is 0 Å². The predicted octanol–water partition coefficient (Wildman–Crippen LogP) is -0.368. The van der Waals surface area contributed by atoms with E-state index in [2.05, 4.69) is 0 Å². The van der Waals surface area contributed by atoms with Crippen molar-refractivity contribution in [2.24, 2.45) is 0 Å². The van der Waals surface area contributed by atoms with Gasteiger partial charge in [0.05, 0.1) is 24.4 Å². The van der Waals surface area contributed by atoms with E-state index in [9.17, 15) is 10.2 Å². The first-order valence-corrected chi connectivity index (χ1v) is 4.34. The Morgan fingerprint density at radius 2 is 1.42 bits per heavy atom. The number of ether oxygens (including phenoxy) is 2. The SMILES string of the molecule is CC1OC2CC(O)C(O)CC2O1. The second-order valence-electron chi connectivity index (χ2n) is 3.52. The van der Waals surface area contributed by atoms with Crippen molar-refractivity contribution < 1.29 is 19.7 Å². The predicted molar refractivity (Wildman–Crippen MR) is 40.5 cm³/mol. The standard InChI is InChI=1S/C8H14O4/c1-4-11-7-2-5(9)6(10)3-8(7)12-4/h4-10H,2-3H2,1H3.